The van der Waals surface area contributed by atoms with Crippen LogP contribution in [-0.4, -0.2) is 59.6 Å². The van der Waals surface area contributed by atoms with Gasteiger partial charge in [-0.3, -0.25) is 9.69 Å². The predicted molar refractivity (Wildman–Crippen MR) is 140 cm³/mol. The molecule has 186 valence electrons. The molecule has 3 atom stereocenters. The second-order valence-electron chi connectivity index (χ2n) is 11.8. The number of benzene rings is 2. The number of rotatable bonds is 8. The average molecular weight is 473 g/mol. The largest absolute Gasteiger partial charge is 0.481 e. The zero-order chi connectivity index (χ0) is 23.9. The van der Waals surface area contributed by atoms with Gasteiger partial charge in [-0.15, -0.1) is 0 Å². The van der Waals surface area contributed by atoms with Gasteiger partial charge in [0.05, 0.1) is 5.92 Å². The molecule has 2 aromatic rings. The summed E-state index contributed by atoms with van der Waals surface area (Å²) >= 11 is 0. The van der Waals surface area contributed by atoms with E-state index < -0.39 is 5.97 Å². The van der Waals surface area contributed by atoms with Gasteiger partial charge < -0.3 is 10.0 Å². The molecule has 4 heteroatoms. The molecule has 3 saturated heterocycles. The summed E-state index contributed by atoms with van der Waals surface area (Å²) in [5.41, 5.74) is 3.81. The molecule has 2 saturated carbocycles. The molecule has 0 radical (unpaired) electrons. The Labute approximate surface area is 210 Å². The molecule has 3 aliphatic heterocycles. The number of piperidine rings is 3. The highest BCUT2D eigenvalue weighted by Gasteiger charge is 2.65. The minimum atomic E-state index is -0.617. The van der Waals surface area contributed by atoms with Crippen molar-refractivity contribution in [3.63, 3.8) is 0 Å². The van der Waals surface area contributed by atoms with Crippen LogP contribution in [0.25, 0.3) is 0 Å². The number of aliphatic carboxylic acids is 1. The Morgan fingerprint density at radius 3 is 2.03 bits per heavy atom. The lowest BCUT2D eigenvalue weighted by atomic mass is 9.52. The van der Waals surface area contributed by atoms with Crippen LogP contribution in [0.15, 0.2) is 60.7 Å². The van der Waals surface area contributed by atoms with E-state index in [4.69, 9.17) is 0 Å². The van der Waals surface area contributed by atoms with Crippen molar-refractivity contribution in [2.75, 3.05) is 32.7 Å². The fourth-order valence-corrected chi connectivity index (χ4v) is 8.57. The van der Waals surface area contributed by atoms with Crippen molar-refractivity contribution in [3.8, 4) is 0 Å². The van der Waals surface area contributed by atoms with E-state index in [2.05, 4.69) is 70.5 Å². The van der Waals surface area contributed by atoms with Gasteiger partial charge in [0.1, 0.15) is 0 Å². The van der Waals surface area contributed by atoms with Gasteiger partial charge in [0.2, 0.25) is 0 Å². The zero-order valence-corrected chi connectivity index (χ0v) is 20.9. The third-order valence-corrected chi connectivity index (χ3v) is 10.2. The van der Waals surface area contributed by atoms with Gasteiger partial charge in [0, 0.05) is 30.0 Å². The highest BCUT2D eigenvalue weighted by atomic mass is 16.4. The van der Waals surface area contributed by atoms with Crippen LogP contribution in [0, 0.1) is 11.8 Å². The number of hydrogen-bond acceptors (Lipinski definition) is 3. The van der Waals surface area contributed by atoms with Gasteiger partial charge in [-0.25, -0.2) is 0 Å². The lowest BCUT2D eigenvalue weighted by Crippen LogP contribution is -2.63. The van der Waals surface area contributed by atoms with E-state index in [0.717, 1.165) is 32.5 Å². The number of carboxylic acids is 1. The van der Waals surface area contributed by atoms with E-state index >= 15 is 0 Å². The minimum Gasteiger partial charge on any atom is -0.481 e. The van der Waals surface area contributed by atoms with Gasteiger partial charge in [-0.2, -0.15) is 0 Å². The van der Waals surface area contributed by atoms with Crippen molar-refractivity contribution in [2.24, 2.45) is 11.8 Å². The second-order valence-corrected chi connectivity index (χ2v) is 11.8. The number of fused-ring (bicyclic) bond motifs is 1. The molecule has 4 bridgehead atoms. The molecule has 0 spiro atoms. The van der Waals surface area contributed by atoms with Crippen LogP contribution in [-0.2, 0) is 15.6 Å². The van der Waals surface area contributed by atoms with Crippen molar-refractivity contribution in [1.82, 2.24) is 9.80 Å². The van der Waals surface area contributed by atoms with Crippen molar-refractivity contribution < 1.29 is 9.90 Å². The second kappa shape index (κ2) is 9.37. The summed E-state index contributed by atoms with van der Waals surface area (Å²) in [4.78, 5) is 16.6. The van der Waals surface area contributed by atoms with Gasteiger partial charge in [-0.05, 0) is 88.0 Å². The molecule has 5 aliphatic rings. The van der Waals surface area contributed by atoms with E-state index in [0.29, 0.717) is 22.8 Å². The van der Waals surface area contributed by atoms with Gasteiger partial charge in [0.25, 0.3) is 0 Å². The number of likely N-dealkylation sites (tertiary alicyclic amines) is 1. The van der Waals surface area contributed by atoms with Crippen LogP contribution in [0.2, 0.25) is 0 Å². The first-order chi connectivity index (χ1) is 17.1. The van der Waals surface area contributed by atoms with Gasteiger partial charge in [-0.1, -0.05) is 60.7 Å². The summed E-state index contributed by atoms with van der Waals surface area (Å²) in [5, 5.41) is 9.38. The smallest absolute Gasteiger partial charge is 0.307 e. The van der Waals surface area contributed by atoms with E-state index in [-0.39, 0.29) is 5.92 Å². The van der Waals surface area contributed by atoms with Crippen molar-refractivity contribution in [1.29, 1.82) is 0 Å². The third-order valence-electron chi connectivity index (χ3n) is 10.2. The first-order valence-corrected chi connectivity index (χ1v) is 13.9. The summed E-state index contributed by atoms with van der Waals surface area (Å²) in [5.74, 6) is -0.100. The quantitative estimate of drug-likeness (QED) is 0.528. The van der Waals surface area contributed by atoms with Crippen LogP contribution >= 0.6 is 0 Å². The highest BCUT2D eigenvalue weighted by molar-refractivity contribution is 5.70. The van der Waals surface area contributed by atoms with Gasteiger partial charge >= 0.3 is 5.97 Å². The number of carboxylic acid groups (broad SMARTS) is 1. The Hall–Kier alpha value is -2.17. The van der Waals surface area contributed by atoms with E-state index in [1.54, 1.807) is 11.1 Å². The van der Waals surface area contributed by atoms with Crippen molar-refractivity contribution >= 4 is 5.97 Å². The van der Waals surface area contributed by atoms with Gasteiger partial charge in [0.15, 0.2) is 0 Å². The number of nitrogens with zero attached hydrogens (tertiary/aromatic N) is 2. The molecular weight excluding hydrogens is 432 g/mol. The maximum Gasteiger partial charge on any atom is 0.307 e. The first kappa shape index (κ1) is 23.2. The fraction of sp³-hybridized carbons (Fsp3) is 0.581. The van der Waals surface area contributed by atoms with Crippen LogP contribution in [0.4, 0.5) is 0 Å². The zero-order valence-electron chi connectivity index (χ0n) is 20.9. The Morgan fingerprint density at radius 2 is 1.46 bits per heavy atom. The Bertz CT molecular complexity index is 969. The van der Waals surface area contributed by atoms with Crippen LogP contribution in [0.3, 0.4) is 0 Å². The topological polar surface area (TPSA) is 43.8 Å². The molecule has 1 N–H and O–H groups in total. The van der Waals surface area contributed by atoms with Crippen LogP contribution in [0.5, 0.6) is 0 Å². The van der Waals surface area contributed by atoms with Crippen molar-refractivity contribution in [3.05, 3.63) is 71.8 Å². The molecule has 7 rings (SSSR count). The van der Waals surface area contributed by atoms with E-state index in [1.165, 1.54) is 51.6 Å². The Kier molecular flexibility index (Phi) is 6.22. The molecule has 0 aromatic heterocycles. The minimum absolute atomic E-state index is 0.166. The standard InChI is InChI=1S/C31H40N2O2/c34-29(35)24-10-9-18-32(22-24)17-7-8-19-33-23-28-30(25-11-3-1-4-12-25)15-16-31(28,21-27(33)20-30)26-13-5-2-6-14-26/h1-6,11-14,24,27-28H,7-10,15-23H2,(H,34,35). The Balaban J connectivity index is 1.14. The fourth-order valence-electron chi connectivity index (χ4n) is 8.57. The lowest BCUT2D eigenvalue weighted by molar-refractivity contribution is -0.143. The summed E-state index contributed by atoms with van der Waals surface area (Å²) < 4.78 is 0. The summed E-state index contributed by atoms with van der Waals surface area (Å²) in [7, 11) is 0. The number of hydrogen-bond donors (Lipinski definition) is 1. The summed E-state index contributed by atoms with van der Waals surface area (Å²) in [6.45, 7) is 5.26. The maximum absolute atomic E-state index is 11.4. The van der Waals surface area contributed by atoms with Crippen LogP contribution in [0.1, 0.15) is 62.5 Å². The normalized spacial score (nSPS) is 34.8. The molecule has 4 nitrogen and oxygen atoms in total. The number of unbranched alkanes of at least 4 members (excludes halogenated alkanes) is 1. The van der Waals surface area contributed by atoms with E-state index in [9.17, 15) is 9.90 Å². The Morgan fingerprint density at radius 1 is 0.857 bits per heavy atom. The SMILES string of the molecule is O=C(O)C1CCCN(CCCCN2CC3C4(c5ccccc5)CCC3(c3ccccc3)CC2C4)C1. The first-order valence-electron chi connectivity index (χ1n) is 13.9. The molecule has 5 fully saturated rings. The molecule has 3 unspecified atom stereocenters. The summed E-state index contributed by atoms with van der Waals surface area (Å²) in [6, 6.07) is 23.5. The molecular formula is C31H40N2O2. The maximum atomic E-state index is 11.4. The molecule has 0 amide bonds. The molecule has 35 heavy (non-hydrogen) atoms. The third kappa shape index (κ3) is 4.03. The number of carbonyl (C=O) groups is 1. The summed E-state index contributed by atoms with van der Waals surface area (Å²) in [6.07, 6.45) is 9.51. The van der Waals surface area contributed by atoms with E-state index in [1.807, 2.05) is 0 Å². The average Bonchev–Trinajstić information content (AvgIpc) is 3.14. The monoisotopic (exact) mass is 472 g/mol. The van der Waals surface area contributed by atoms with Crippen molar-refractivity contribution in [2.45, 2.75) is 68.2 Å². The van der Waals surface area contributed by atoms with Crippen LogP contribution < -0.4 is 0 Å². The predicted octanol–water partition coefficient (Wildman–Crippen LogP) is 5.33. The molecule has 2 aromatic carbocycles. The molecule has 3 heterocycles. The highest BCUT2D eigenvalue weighted by Crippen LogP contribution is 2.67. The molecule has 2 aliphatic carbocycles. The lowest BCUT2D eigenvalue weighted by Gasteiger charge is -2.60.